The average molecular weight is 274 g/mol. The molecule has 7 fully saturated rings. The Labute approximate surface area is 115 Å². The van der Waals surface area contributed by atoms with E-state index in [1.807, 2.05) is 0 Å². The molecule has 0 aromatic rings. The van der Waals surface area contributed by atoms with E-state index in [4.69, 9.17) is 9.47 Å². The van der Waals surface area contributed by atoms with E-state index in [-0.39, 0.29) is 35.2 Å². The third kappa shape index (κ3) is 0.655. The lowest BCUT2D eigenvalue weighted by Gasteiger charge is -2.98. The quantitative estimate of drug-likeness (QED) is 0.532. The highest BCUT2D eigenvalue weighted by Crippen LogP contribution is 2.98. The molecular weight excluding hydrogens is 260 g/mol. The normalized spacial score (nSPS) is 65.0. The summed E-state index contributed by atoms with van der Waals surface area (Å²) in [5, 5.41) is 0. The van der Waals surface area contributed by atoms with E-state index in [1.54, 1.807) is 0 Å². The van der Waals surface area contributed by atoms with E-state index in [0.717, 1.165) is 0 Å². The van der Waals surface area contributed by atoms with Gasteiger partial charge in [0, 0.05) is 12.3 Å². The molecule has 5 heteroatoms. The maximum atomic E-state index is 11.9. The summed E-state index contributed by atoms with van der Waals surface area (Å²) in [6.07, 6.45) is 0. The minimum Gasteiger partial charge on any atom is -0.465 e. The SMILES string of the molecule is CC(=O)OCC12C3[C@H]4C5[C@H]3[C@H]1C([C@H]1C(=O)OC(=O)[C@H]51)[C@H]42. The van der Waals surface area contributed by atoms with E-state index >= 15 is 0 Å². The maximum Gasteiger partial charge on any atom is 0.317 e. The van der Waals surface area contributed by atoms with Gasteiger partial charge < -0.3 is 9.47 Å². The van der Waals surface area contributed by atoms with Gasteiger partial charge >= 0.3 is 17.9 Å². The summed E-state index contributed by atoms with van der Waals surface area (Å²) >= 11 is 0. The predicted octanol–water partition coefficient (Wildman–Crippen LogP) is 0.233. The van der Waals surface area contributed by atoms with Crippen LogP contribution in [0.5, 0.6) is 0 Å². The zero-order valence-electron chi connectivity index (χ0n) is 10.9. The first kappa shape index (κ1) is 10.4. The zero-order valence-corrected chi connectivity index (χ0v) is 10.9. The molecule has 0 spiro atoms. The van der Waals surface area contributed by atoms with E-state index in [2.05, 4.69) is 0 Å². The Morgan fingerprint density at radius 3 is 2.20 bits per heavy atom. The van der Waals surface area contributed by atoms with Gasteiger partial charge in [-0.3, -0.25) is 14.4 Å². The van der Waals surface area contributed by atoms with Gasteiger partial charge in [-0.1, -0.05) is 0 Å². The van der Waals surface area contributed by atoms with Gasteiger partial charge in [-0.25, -0.2) is 0 Å². The summed E-state index contributed by atoms with van der Waals surface area (Å²) < 4.78 is 10.2. The van der Waals surface area contributed by atoms with Crippen molar-refractivity contribution in [3.05, 3.63) is 0 Å². The van der Waals surface area contributed by atoms with E-state index in [9.17, 15) is 14.4 Å². The molecular formula is C15H14O5. The van der Waals surface area contributed by atoms with Crippen LogP contribution >= 0.6 is 0 Å². The van der Waals surface area contributed by atoms with Gasteiger partial charge in [0.1, 0.15) is 0 Å². The third-order valence-electron chi connectivity index (χ3n) is 7.73. The summed E-state index contributed by atoms with van der Waals surface area (Å²) in [4.78, 5) is 34.9. The van der Waals surface area contributed by atoms with Gasteiger partial charge in [0.05, 0.1) is 18.4 Å². The van der Waals surface area contributed by atoms with Crippen molar-refractivity contribution >= 4 is 17.9 Å². The number of ether oxygens (including phenoxy) is 2. The van der Waals surface area contributed by atoms with Crippen LogP contribution < -0.4 is 0 Å². The molecule has 6 saturated carbocycles. The molecule has 5 nitrogen and oxygen atoms in total. The lowest BCUT2D eigenvalue weighted by atomic mass is 9.04. The number of rotatable bonds is 2. The molecule has 1 saturated heterocycles. The molecule has 0 N–H and O–H groups in total. The molecule has 0 radical (unpaired) electrons. The summed E-state index contributed by atoms with van der Waals surface area (Å²) in [5.41, 5.74) is 0.180. The second-order valence-corrected chi connectivity index (χ2v) is 7.57. The van der Waals surface area contributed by atoms with Crippen molar-refractivity contribution in [2.75, 3.05) is 6.61 Å². The topological polar surface area (TPSA) is 69.7 Å². The van der Waals surface area contributed by atoms with Gasteiger partial charge in [-0.05, 0) is 41.4 Å². The summed E-state index contributed by atoms with van der Waals surface area (Å²) in [5.74, 6) is 2.50. The zero-order chi connectivity index (χ0) is 13.5. The van der Waals surface area contributed by atoms with Gasteiger partial charge in [0.2, 0.25) is 0 Å². The molecule has 1 heterocycles. The van der Waals surface area contributed by atoms with Crippen LogP contribution in [0.1, 0.15) is 6.92 Å². The van der Waals surface area contributed by atoms with Crippen molar-refractivity contribution in [2.24, 2.45) is 58.7 Å². The maximum absolute atomic E-state index is 11.9. The minimum absolute atomic E-state index is 0.140. The number of hydrogen-bond donors (Lipinski definition) is 0. The Bertz CT molecular complexity index is 604. The monoisotopic (exact) mass is 274 g/mol. The van der Waals surface area contributed by atoms with Crippen LogP contribution in [0.15, 0.2) is 0 Å². The number of cyclic esters (lactones) is 2. The van der Waals surface area contributed by atoms with Crippen molar-refractivity contribution in [1.82, 2.24) is 0 Å². The molecule has 0 amide bonds. The van der Waals surface area contributed by atoms with Crippen LogP contribution in [0.3, 0.4) is 0 Å². The van der Waals surface area contributed by atoms with Gasteiger partial charge in [-0.15, -0.1) is 0 Å². The Morgan fingerprint density at radius 1 is 1.05 bits per heavy atom. The first-order valence-corrected chi connectivity index (χ1v) is 7.48. The fourth-order valence-electron chi connectivity index (χ4n) is 7.73. The number of carbonyl (C=O) groups excluding carboxylic acids is 3. The third-order valence-corrected chi connectivity index (χ3v) is 7.73. The van der Waals surface area contributed by atoms with Crippen molar-refractivity contribution < 1.29 is 23.9 Å². The van der Waals surface area contributed by atoms with Crippen LogP contribution in [0.25, 0.3) is 0 Å². The Kier molecular flexibility index (Phi) is 1.32. The molecule has 6 atom stereocenters. The van der Waals surface area contributed by atoms with Crippen LogP contribution in [0.2, 0.25) is 0 Å². The van der Waals surface area contributed by atoms with Crippen LogP contribution in [0, 0.1) is 58.7 Å². The molecule has 20 heavy (non-hydrogen) atoms. The van der Waals surface area contributed by atoms with E-state index in [1.165, 1.54) is 6.92 Å². The van der Waals surface area contributed by atoms with Crippen molar-refractivity contribution in [1.29, 1.82) is 0 Å². The van der Waals surface area contributed by atoms with Crippen molar-refractivity contribution in [3.8, 4) is 0 Å². The van der Waals surface area contributed by atoms with Crippen LogP contribution in [-0.2, 0) is 23.9 Å². The van der Waals surface area contributed by atoms with E-state index in [0.29, 0.717) is 48.0 Å². The molecule has 6 aliphatic carbocycles. The molecule has 104 valence electrons. The van der Waals surface area contributed by atoms with E-state index < -0.39 is 0 Å². The molecule has 1 aliphatic heterocycles. The van der Waals surface area contributed by atoms with Crippen molar-refractivity contribution in [2.45, 2.75) is 6.92 Å². The highest BCUT2D eigenvalue weighted by Gasteiger charge is 2.99. The van der Waals surface area contributed by atoms with Gasteiger partial charge in [0.25, 0.3) is 0 Å². The predicted molar refractivity (Wildman–Crippen MR) is 61.6 cm³/mol. The minimum atomic E-state index is -0.289. The molecule has 2 bridgehead atoms. The first-order valence-electron chi connectivity index (χ1n) is 7.48. The average Bonchev–Trinajstić information content (AvgIpc) is 2.64. The number of carbonyl (C=O) groups is 3. The lowest BCUT2D eigenvalue weighted by Crippen LogP contribution is -2.98. The fraction of sp³-hybridized carbons (Fsp3) is 0.800. The highest BCUT2D eigenvalue weighted by atomic mass is 16.6. The molecule has 0 aromatic carbocycles. The molecule has 7 rings (SSSR count). The summed E-state index contributed by atoms with van der Waals surface area (Å²) in [6.45, 7) is 1.98. The number of esters is 3. The standard InChI is InChI=1S/C15H14O5/c1-3(16)19-2-15-10-7-4-5-6(14(18)20-13(5)17)9(11(7)15)12(15)8(4)10/h4-12H,2H2,1H3/t4?,5-,6+,7-,8-,9?,10?,11+,12+,15?/m1/s1. The van der Waals surface area contributed by atoms with Crippen LogP contribution in [0.4, 0.5) is 0 Å². The summed E-state index contributed by atoms with van der Waals surface area (Å²) in [6, 6.07) is 0. The number of hydrogen-bond acceptors (Lipinski definition) is 5. The molecule has 0 unspecified atom stereocenters. The second kappa shape index (κ2) is 2.55. The Hall–Kier alpha value is -1.39. The molecule has 0 aromatic heterocycles. The molecule has 7 aliphatic rings. The Balaban J connectivity index is 1.38. The largest absolute Gasteiger partial charge is 0.465 e. The van der Waals surface area contributed by atoms with Gasteiger partial charge in [0.15, 0.2) is 0 Å². The summed E-state index contributed by atoms with van der Waals surface area (Å²) in [7, 11) is 0. The lowest BCUT2D eigenvalue weighted by molar-refractivity contribution is -0.534. The van der Waals surface area contributed by atoms with Crippen LogP contribution in [-0.4, -0.2) is 24.5 Å². The fourth-order valence-corrected chi connectivity index (χ4v) is 7.73. The van der Waals surface area contributed by atoms with Gasteiger partial charge in [-0.2, -0.15) is 0 Å². The first-order chi connectivity index (χ1) is 9.59. The smallest absolute Gasteiger partial charge is 0.317 e. The highest BCUT2D eigenvalue weighted by molar-refractivity contribution is 5.98. The second-order valence-electron chi connectivity index (χ2n) is 7.57. The Morgan fingerprint density at radius 2 is 1.60 bits per heavy atom. The van der Waals surface area contributed by atoms with Crippen molar-refractivity contribution in [3.63, 3.8) is 0 Å².